The van der Waals surface area contributed by atoms with Gasteiger partial charge in [-0.15, -0.1) is 0 Å². The molecule has 0 aliphatic carbocycles. The molecule has 0 saturated carbocycles. The van der Waals surface area contributed by atoms with Gasteiger partial charge < -0.3 is 10.5 Å². The maximum Gasteiger partial charge on any atom is 0.205 e. The maximum absolute atomic E-state index is 8.72. The number of hydrogen-bond donors (Lipinski definition) is 1. The lowest BCUT2D eigenvalue weighted by atomic mass is 10.1. The Labute approximate surface area is 122 Å². The molecule has 0 atom stereocenters. The topological polar surface area (TPSA) is 76.9 Å². The van der Waals surface area contributed by atoms with E-state index < -0.39 is 0 Å². The van der Waals surface area contributed by atoms with Crippen molar-refractivity contribution in [3.63, 3.8) is 0 Å². The van der Waals surface area contributed by atoms with Crippen molar-refractivity contribution < 1.29 is 4.74 Å². The standard InChI is InChI=1S/C16H14N4O/c1-21-13-6-7-14-15(10-13)20(16(18)19-14)12-4-2-11(3-5-12)8-9-17/h2-7,10H,8H2,1H3,(H2,18,19). The number of benzene rings is 2. The number of nitrogens with zero attached hydrogens (tertiary/aromatic N) is 3. The molecule has 0 aliphatic rings. The second kappa shape index (κ2) is 5.17. The smallest absolute Gasteiger partial charge is 0.205 e. The molecule has 0 bridgehead atoms. The van der Waals surface area contributed by atoms with Crippen molar-refractivity contribution in [2.75, 3.05) is 12.8 Å². The van der Waals surface area contributed by atoms with Crippen LogP contribution in [0.4, 0.5) is 5.95 Å². The highest BCUT2D eigenvalue weighted by atomic mass is 16.5. The van der Waals surface area contributed by atoms with Crippen molar-refractivity contribution >= 4 is 17.0 Å². The van der Waals surface area contributed by atoms with E-state index in [4.69, 9.17) is 15.7 Å². The molecule has 0 unspecified atom stereocenters. The Morgan fingerprint density at radius 2 is 2.00 bits per heavy atom. The third kappa shape index (κ3) is 2.28. The van der Waals surface area contributed by atoms with Gasteiger partial charge in [0.25, 0.3) is 0 Å². The maximum atomic E-state index is 8.72. The summed E-state index contributed by atoms with van der Waals surface area (Å²) < 4.78 is 7.12. The summed E-state index contributed by atoms with van der Waals surface area (Å²) in [6.07, 6.45) is 0.397. The average Bonchev–Trinajstić information content (AvgIpc) is 2.83. The van der Waals surface area contributed by atoms with Crippen LogP contribution in [0.15, 0.2) is 42.5 Å². The third-order valence-corrected chi connectivity index (χ3v) is 3.37. The molecular weight excluding hydrogens is 264 g/mol. The summed E-state index contributed by atoms with van der Waals surface area (Å²) in [5.41, 5.74) is 9.62. The number of anilines is 1. The number of imidazole rings is 1. The number of nitriles is 1. The summed E-state index contributed by atoms with van der Waals surface area (Å²) in [5, 5.41) is 8.72. The highest BCUT2D eigenvalue weighted by Gasteiger charge is 2.11. The number of ether oxygens (including phenoxy) is 1. The Bertz CT molecular complexity index is 828. The summed E-state index contributed by atoms with van der Waals surface area (Å²) in [7, 11) is 1.63. The summed E-state index contributed by atoms with van der Waals surface area (Å²) >= 11 is 0. The highest BCUT2D eigenvalue weighted by molar-refractivity contribution is 5.82. The summed E-state index contributed by atoms with van der Waals surface area (Å²) in [5.74, 6) is 1.18. The van der Waals surface area contributed by atoms with Gasteiger partial charge in [-0.3, -0.25) is 4.57 Å². The van der Waals surface area contributed by atoms with E-state index in [9.17, 15) is 0 Å². The van der Waals surface area contributed by atoms with E-state index in [1.54, 1.807) is 7.11 Å². The molecule has 0 aliphatic heterocycles. The van der Waals surface area contributed by atoms with Crippen LogP contribution in [0.3, 0.4) is 0 Å². The molecule has 0 fully saturated rings. The lowest BCUT2D eigenvalue weighted by Crippen LogP contribution is -2.00. The van der Waals surface area contributed by atoms with E-state index in [0.717, 1.165) is 28.0 Å². The molecule has 1 aromatic heterocycles. The highest BCUT2D eigenvalue weighted by Crippen LogP contribution is 2.26. The number of methoxy groups -OCH3 is 1. The van der Waals surface area contributed by atoms with Crippen molar-refractivity contribution in [1.82, 2.24) is 9.55 Å². The first-order chi connectivity index (χ1) is 10.2. The van der Waals surface area contributed by atoms with Gasteiger partial charge in [-0.05, 0) is 29.8 Å². The Morgan fingerprint density at radius 1 is 1.24 bits per heavy atom. The molecule has 21 heavy (non-hydrogen) atoms. The van der Waals surface area contributed by atoms with Gasteiger partial charge in [0, 0.05) is 11.8 Å². The molecule has 0 saturated heterocycles. The predicted molar refractivity (Wildman–Crippen MR) is 81.4 cm³/mol. The van der Waals surface area contributed by atoms with Crippen LogP contribution >= 0.6 is 0 Å². The molecule has 0 spiro atoms. The van der Waals surface area contributed by atoms with Crippen LogP contribution in [0.1, 0.15) is 5.56 Å². The van der Waals surface area contributed by atoms with Crippen LogP contribution in [0.25, 0.3) is 16.7 Å². The van der Waals surface area contributed by atoms with Crippen molar-refractivity contribution in [3.05, 3.63) is 48.0 Å². The van der Waals surface area contributed by atoms with Gasteiger partial charge in [0.2, 0.25) is 5.95 Å². The molecule has 104 valence electrons. The van der Waals surface area contributed by atoms with Crippen molar-refractivity contribution in [2.45, 2.75) is 6.42 Å². The van der Waals surface area contributed by atoms with Crippen molar-refractivity contribution in [3.8, 4) is 17.5 Å². The molecule has 0 radical (unpaired) electrons. The van der Waals surface area contributed by atoms with Gasteiger partial charge in [0.05, 0.1) is 30.6 Å². The summed E-state index contributed by atoms with van der Waals surface area (Å²) in [6.45, 7) is 0. The molecule has 2 aromatic carbocycles. The first-order valence-electron chi connectivity index (χ1n) is 6.51. The normalized spacial score (nSPS) is 10.5. The summed E-state index contributed by atoms with van der Waals surface area (Å²) in [4.78, 5) is 4.36. The number of nitrogens with two attached hydrogens (primary N) is 1. The fraction of sp³-hybridized carbons (Fsp3) is 0.125. The molecular formula is C16H14N4O. The van der Waals surface area contributed by atoms with Gasteiger partial charge in [-0.2, -0.15) is 5.26 Å². The molecule has 1 heterocycles. The van der Waals surface area contributed by atoms with E-state index >= 15 is 0 Å². The Morgan fingerprint density at radius 3 is 2.67 bits per heavy atom. The quantitative estimate of drug-likeness (QED) is 0.799. The zero-order valence-corrected chi connectivity index (χ0v) is 11.6. The Kier molecular flexibility index (Phi) is 3.20. The lowest BCUT2D eigenvalue weighted by Gasteiger charge is -2.08. The monoisotopic (exact) mass is 278 g/mol. The van der Waals surface area contributed by atoms with Crippen LogP contribution in [0, 0.1) is 11.3 Å². The van der Waals surface area contributed by atoms with Crippen LogP contribution in [0.2, 0.25) is 0 Å². The molecule has 5 nitrogen and oxygen atoms in total. The predicted octanol–water partition coefficient (Wildman–Crippen LogP) is 2.68. The molecule has 5 heteroatoms. The second-order valence-corrected chi connectivity index (χ2v) is 4.66. The number of fused-ring (bicyclic) bond motifs is 1. The van der Waals surface area contributed by atoms with Crippen LogP contribution in [-0.2, 0) is 6.42 Å². The third-order valence-electron chi connectivity index (χ3n) is 3.37. The summed E-state index contributed by atoms with van der Waals surface area (Å²) in [6, 6.07) is 15.5. The van der Waals surface area contributed by atoms with Crippen LogP contribution in [-0.4, -0.2) is 16.7 Å². The van der Waals surface area contributed by atoms with E-state index in [1.165, 1.54) is 0 Å². The van der Waals surface area contributed by atoms with Gasteiger partial charge >= 0.3 is 0 Å². The van der Waals surface area contributed by atoms with Crippen molar-refractivity contribution in [1.29, 1.82) is 5.26 Å². The minimum atomic E-state index is 0.397. The Hall–Kier alpha value is -3.00. The van der Waals surface area contributed by atoms with Gasteiger partial charge in [-0.1, -0.05) is 12.1 Å². The van der Waals surface area contributed by atoms with E-state index in [1.807, 2.05) is 47.0 Å². The fourth-order valence-electron chi connectivity index (χ4n) is 2.33. The molecule has 3 rings (SSSR count). The lowest BCUT2D eigenvalue weighted by molar-refractivity contribution is 0.415. The van der Waals surface area contributed by atoms with E-state index in [0.29, 0.717) is 12.4 Å². The van der Waals surface area contributed by atoms with Gasteiger partial charge in [-0.25, -0.2) is 4.98 Å². The van der Waals surface area contributed by atoms with E-state index in [2.05, 4.69) is 11.1 Å². The van der Waals surface area contributed by atoms with Crippen LogP contribution < -0.4 is 10.5 Å². The Balaban J connectivity index is 2.14. The largest absolute Gasteiger partial charge is 0.497 e. The molecule has 0 amide bonds. The van der Waals surface area contributed by atoms with Gasteiger partial charge in [0.15, 0.2) is 0 Å². The first kappa shape index (κ1) is 13.0. The number of nitrogen functional groups attached to an aromatic ring is 1. The van der Waals surface area contributed by atoms with Crippen LogP contribution in [0.5, 0.6) is 5.75 Å². The van der Waals surface area contributed by atoms with Gasteiger partial charge in [0.1, 0.15) is 5.75 Å². The first-order valence-corrected chi connectivity index (χ1v) is 6.51. The molecule has 2 N–H and O–H groups in total. The fourth-order valence-corrected chi connectivity index (χ4v) is 2.33. The second-order valence-electron chi connectivity index (χ2n) is 4.66. The average molecular weight is 278 g/mol. The number of rotatable bonds is 3. The molecule has 3 aromatic rings. The SMILES string of the molecule is COc1ccc2nc(N)n(-c3ccc(CC#N)cc3)c2c1. The minimum Gasteiger partial charge on any atom is -0.497 e. The number of hydrogen-bond acceptors (Lipinski definition) is 4. The van der Waals surface area contributed by atoms with Crippen molar-refractivity contribution in [2.24, 2.45) is 0 Å². The zero-order chi connectivity index (χ0) is 14.8. The minimum absolute atomic E-state index is 0.397. The number of aromatic nitrogens is 2. The zero-order valence-electron chi connectivity index (χ0n) is 11.6. The van der Waals surface area contributed by atoms with E-state index in [-0.39, 0.29) is 0 Å².